The molecular weight excluding hydrogens is 314 g/mol. The van der Waals surface area contributed by atoms with Gasteiger partial charge in [-0.2, -0.15) is 0 Å². The SMILES string of the molecule is Brc1cccc(-n2c3cnccc3c3cccnc32)c1. The van der Waals surface area contributed by atoms with Crippen molar-refractivity contribution in [2.24, 2.45) is 0 Å². The van der Waals surface area contributed by atoms with Crippen molar-refractivity contribution in [2.45, 2.75) is 0 Å². The molecule has 0 saturated carbocycles. The van der Waals surface area contributed by atoms with Gasteiger partial charge in [-0.1, -0.05) is 22.0 Å². The highest BCUT2D eigenvalue weighted by Crippen LogP contribution is 2.30. The lowest BCUT2D eigenvalue weighted by molar-refractivity contribution is 1.12. The maximum Gasteiger partial charge on any atom is 0.145 e. The van der Waals surface area contributed by atoms with E-state index in [0.717, 1.165) is 26.7 Å². The summed E-state index contributed by atoms with van der Waals surface area (Å²) in [5, 5.41) is 2.31. The zero-order valence-electron chi connectivity index (χ0n) is 10.5. The number of nitrogens with zero attached hydrogens (tertiary/aromatic N) is 3. The van der Waals surface area contributed by atoms with Gasteiger partial charge < -0.3 is 0 Å². The number of pyridine rings is 2. The fourth-order valence-electron chi connectivity index (χ4n) is 2.57. The molecule has 0 aliphatic heterocycles. The van der Waals surface area contributed by atoms with Crippen molar-refractivity contribution in [3.63, 3.8) is 0 Å². The van der Waals surface area contributed by atoms with E-state index < -0.39 is 0 Å². The summed E-state index contributed by atoms with van der Waals surface area (Å²) in [7, 11) is 0. The average molecular weight is 324 g/mol. The molecule has 0 unspecified atom stereocenters. The van der Waals surface area contributed by atoms with Crippen LogP contribution in [0.1, 0.15) is 0 Å². The molecule has 4 heteroatoms. The molecule has 3 nitrogen and oxygen atoms in total. The molecule has 0 radical (unpaired) electrons. The van der Waals surface area contributed by atoms with Gasteiger partial charge >= 0.3 is 0 Å². The molecule has 0 fully saturated rings. The molecule has 20 heavy (non-hydrogen) atoms. The third-order valence-corrected chi connectivity index (χ3v) is 3.89. The molecular formula is C16H10BrN3. The van der Waals surface area contributed by atoms with E-state index in [0.29, 0.717) is 0 Å². The van der Waals surface area contributed by atoms with Crippen LogP contribution in [-0.2, 0) is 0 Å². The summed E-state index contributed by atoms with van der Waals surface area (Å²) in [6.07, 6.45) is 5.53. The maximum atomic E-state index is 4.54. The molecule has 0 saturated heterocycles. The van der Waals surface area contributed by atoms with Gasteiger partial charge in [-0.25, -0.2) is 4.98 Å². The van der Waals surface area contributed by atoms with Crippen LogP contribution in [0, 0.1) is 0 Å². The molecule has 96 valence electrons. The summed E-state index contributed by atoms with van der Waals surface area (Å²) in [5.74, 6) is 0. The highest BCUT2D eigenvalue weighted by molar-refractivity contribution is 9.10. The topological polar surface area (TPSA) is 30.7 Å². The van der Waals surface area contributed by atoms with E-state index in [1.807, 2.05) is 42.9 Å². The van der Waals surface area contributed by atoms with E-state index in [1.165, 1.54) is 5.39 Å². The fraction of sp³-hybridized carbons (Fsp3) is 0. The normalized spacial score (nSPS) is 11.2. The Bertz CT molecular complexity index is 874. The molecule has 4 rings (SSSR count). The predicted molar refractivity (Wildman–Crippen MR) is 84.1 cm³/mol. The Kier molecular flexibility index (Phi) is 2.57. The van der Waals surface area contributed by atoms with Gasteiger partial charge in [-0.3, -0.25) is 9.55 Å². The van der Waals surface area contributed by atoms with E-state index >= 15 is 0 Å². The lowest BCUT2D eigenvalue weighted by Crippen LogP contribution is -1.95. The summed E-state index contributed by atoms with van der Waals surface area (Å²) < 4.78 is 3.19. The summed E-state index contributed by atoms with van der Waals surface area (Å²) >= 11 is 3.53. The minimum absolute atomic E-state index is 0.952. The first-order chi connectivity index (χ1) is 9.84. The van der Waals surface area contributed by atoms with Gasteiger partial charge in [-0.05, 0) is 36.4 Å². The number of benzene rings is 1. The zero-order chi connectivity index (χ0) is 13.5. The van der Waals surface area contributed by atoms with Gasteiger partial charge in [0.1, 0.15) is 5.65 Å². The largest absolute Gasteiger partial charge is 0.292 e. The molecule has 0 aliphatic rings. The van der Waals surface area contributed by atoms with Crippen LogP contribution in [0.25, 0.3) is 27.6 Å². The van der Waals surface area contributed by atoms with Crippen molar-refractivity contribution < 1.29 is 0 Å². The first-order valence-corrected chi connectivity index (χ1v) is 7.09. The van der Waals surface area contributed by atoms with Crippen LogP contribution >= 0.6 is 15.9 Å². The minimum atomic E-state index is 0.952. The lowest BCUT2D eigenvalue weighted by Gasteiger charge is -2.06. The third-order valence-electron chi connectivity index (χ3n) is 3.40. The van der Waals surface area contributed by atoms with Crippen molar-refractivity contribution in [3.05, 3.63) is 65.5 Å². The highest BCUT2D eigenvalue weighted by atomic mass is 79.9. The van der Waals surface area contributed by atoms with E-state index in [1.54, 1.807) is 0 Å². The Morgan fingerprint density at radius 3 is 2.80 bits per heavy atom. The minimum Gasteiger partial charge on any atom is -0.292 e. The smallest absolute Gasteiger partial charge is 0.145 e. The van der Waals surface area contributed by atoms with Crippen LogP contribution in [0.15, 0.2) is 65.5 Å². The first-order valence-electron chi connectivity index (χ1n) is 6.30. The molecule has 0 bridgehead atoms. The monoisotopic (exact) mass is 323 g/mol. The van der Waals surface area contributed by atoms with Crippen molar-refractivity contribution in [3.8, 4) is 5.69 Å². The Hall–Kier alpha value is -2.20. The van der Waals surface area contributed by atoms with Crippen molar-refractivity contribution >= 4 is 37.9 Å². The third kappa shape index (κ3) is 1.65. The Morgan fingerprint density at radius 2 is 1.90 bits per heavy atom. The van der Waals surface area contributed by atoms with E-state index in [9.17, 15) is 0 Å². The summed E-state index contributed by atoms with van der Waals surface area (Å²) in [5.41, 5.74) is 3.10. The van der Waals surface area contributed by atoms with Gasteiger partial charge in [0.2, 0.25) is 0 Å². The van der Waals surface area contributed by atoms with Crippen LogP contribution < -0.4 is 0 Å². The Morgan fingerprint density at radius 1 is 0.950 bits per heavy atom. The standard InChI is InChI=1S/C16H10BrN3/c17-11-3-1-4-12(9-11)20-15-10-18-8-6-13(15)14-5-2-7-19-16(14)20/h1-10H. The number of fused-ring (bicyclic) bond motifs is 3. The van der Waals surface area contributed by atoms with Gasteiger partial charge in [-0.15, -0.1) is 0 Å². The second-order valence-electron chi connectivity index (χ2n) is 4.58. The second-order valence-corrected chi connectivity index (χ2v) is 5.50. The summed E-state index contributed by atoms with van der Waals surface area (Å²) in [6, 6.07) is 14.3. The van der Waals surface area contributed by atoms with Crippen molar-refractivity contribution in [2.75, 3.05) is 0 Å². The number of halogens is 1. The molecule has 0 atom stereocenters. The van der Waals surface area contributed by atoms with Crippen LogP contribution in [0.4, 0.5) is 0 Å². The highest BCUT2D eigenvalue weighted by Gasteiger charge is 2.12. The maximum absolute atomic E-state index is 4.54. The van der Waals surface area contributed by atoms with Crippen molar-refractivity contribution in [1.29, 1.82) is 0 Å². The molecule has 4 aromatic rings. The molecule has 0 aliphatic carbocycles. The zero-order valence-corrected chi connectivity index (χ0v) is 12.1. The van der Waals surface area contributed by atoms with Gasteiger partial charge in [0, 0.05) is 33.3 Å². The van der Waals surface area contributed by atoms with Gasteiger partial charge in [0.25, 0.3) is 0 Å². The van der Waals surface area contributed by atoms with Crippen LogP contribution in [0.5, 0.6) is 0 Å². The molecule has 3 heterocycles. The van der Waals surface area contributed by atoms with Crippen LogP contribution in [0.2, 0.25) is 0 Å². The molecule has 0 amide bonds. The number of aromatic nitrogens is 3. The molecule has 3 aromatic heterocycles. The number of hydrogen-bond donors (Lipinski definition) is 0. The number of rotatable bonds is 1. The van der Waals surface area contributed by atoms with Gasteiger partial charge in [0.05, 0.1) is 11.7 Å². The van der Waals surface area contributed by atoms with E-state index in [-0.39, 0.29) is 0 Å². The van der Waals surface area contributed by atoms with Crippen LogP contribution in [-0.4, -0.2) is 14.5 Å². The number of hydrogen-bond acceptors (Lipinski definition) is 2. The van der Waals surface area contributed by atoms with Gasteiger partial charge in [0.15, 0.2) is 0 Å². The fourth-order valence-corrected chi connectivity index (χ4v) is 2.96. The van der Waals surface area contributed by atoms with Crippen molar-refractivity contribution in [1.82, 2.24) is 14.5 Å². The Balaban J connectivity index is 2.21. The first kappa shape index (κ1) is 11.6. The second kappa shape index (κ2) is 4.42. The lowest BCUT2D eigenvalue weighted by atomic mass is 10.2. The predicted octanol–water partition coefficient (Wildman–Crippen LogP) is 4.34. The average Bonchev–Trinajstić information content (AvgIpc) is 2.82. The van der Waals surface area contributed by atoms with Crippen LogP contribution in [0.3, 0.4) is 0 Å². The molecule has 0 N–H and O–H groups in total. The van der Waals surface area contributed by atoms with E-state index in [4.69, 9.17) is 0 Å². The van der Waals surface area contributed by atoms with E-state index in [2.05, 4.69) is 48.7 Å². The molecule has 1 aromatic carbocycles. The molecule has 0 spiro atoms. The summed E-state index contributed by atoms with van der Waals surface area (Å²) in [6.45, 7) is 0. The summed E-state index contributed by atoms with van der Waals surface area (Å²) in [4.78, 5) is 8.80. The Labute approximate surface area is 124 Å². The quantitative estimate of drug-likeness (QED) is 0.521.